The van der Waals surface area contributed by atoms with E-state index in [1.54, 1.807) is 11.3 Å². The minimum Gasteiger partial charge on any atom is -0.456 e. The van der Waals surface area contributed by atoms with E-state index in [1.807, 2.05) is 0 Å². The van der Waals surface area contributed by atoms with Crippen LogP contribution in [-0.2, 0) is 5.41 Å². The second-order valence-electron chi connectivity index (χ2n) is 17.8. The molecule has 0 saturated heterocycles. The molecule has 66 heavy (non-hydrogen) atoms. The largest absolute Gasteiger partial charge is 0.456 e. The van der Waals surface area contributed by atoms with Gasteiger partial charge in [-0.3, -0.25) is 0 Å². The van der Waals surface area contributed by atoms with Gasteiger partial charge in [0.25, 0.3) is 0 Å². The van der Waals surface area contributed by atoms with Gasteiger partial charge in [0.05, 0.1) is 15.9 Å². The van der Waals surface area contributed by atoms with Crippen LogP contribution in [0.3, 0.4) is 0 Å². The smallest absolute Gasteiger partial charge is 0.160 e. The lowest BCUT2D eigenvalue weighted by atomic mass is 9.82. The standard InChI is InChI=1S/C61H41N3OS/c1-61(2)52-22-11-9-20-47(52)49-36-45(29-31-53(49)61)64(44-27-24-40(25-28-44)38-14-5-3-6-15-38)46-30-33-55-51(37-46)50-35-43(26-32-54(50)65-55)60-62-57(59-58(63-60)48-21-10-12-23-56(48)66-59)42-19-13-18-41(34-42)39-16-7-4-8-17-39/h3-37H,1-2H3. The maximum Gasteiger partial charge on any atom is 0.160 e. The molecule has 0 saturated carbocycles. The van der Waals surface area contributed by atoms with E-state index in [0.29, 0.717) is 5.82 Å². The molecular formula is C61H41N3OS. The minimum atomic E-state index is -0.0866. The van der Waals surface area contributed by atoms with Gasteiger partial charge in [0, 0.05) is 54.5 Å². The summed E-state index contributed by atoms with van der Waals surface area (Å²) in [5, 5.41) is 3.18. The normalized spacial score (nSPS) is 12.8. The van der Waals surface area contributed by atoms with Gasteiger partial charge >= 0.3 is 0 Å². The summed E-state index contributed by atoms with van der Waals surface area (Å²) >= 11 is 1.75. The van der Waals surface area contributed by atoms with E-state index in [4.69, 9.17) is 14.4 Å². The summed E-state index contributed by atoms with van der Waals surface area (Å²) in [7, 11) is 0. The maximum atomic E-state index is 6.58. The van der Waals surface area contributed by atoms with E-state index < -0.39 is 0 Å². The quantitative estimate of drug-likeness (QED) is 0.160. The van der Waals surface area contributed by atoms with Gasteiger partial charge in [0.2, 0.25) is 0 Å². The summed E-state index contributed by atoms with van der Waals surface area (Å²) in [6.07, 6.45) is 0. The molecule has 12 aromatic rings. The maximum absolute atomic E-state index is 6.58. The number of nitrogens with zero attached hydrogens (tertiary/aromatic N) is 3. The van der Waals surface area contributed by atoms with Gasteiger partial charge < -0.3 is 9.32 Å². The van der Waals surface area contributed by atoms with Gasteiger partial charge in [-0.25, -0.2) is 9.97 Å². The first kappa shape index (κ1) is 38.3. The summed E-state index contributed by atoms with van der Waals surface area (Å²) in [5.74, 6) is 0.681. The molecule has 3 heterocycles. The molecule has 0 N–H and O–H groups in total. The summed E-state index contributed by atoms with van der Waals surface area (Å²) in [4.78, 5) is 13.1. The highest BCUT2D eigenvalue weighted by atomic mass is 32.1. The van der Waals surface area contributed by atoms with Gasteiger partial charge in [-0.2, -0.15) is 0 Å². The Kier molecular flexibility index (Phi) is 8.71. The fourth-order valence-electron chi connectivity index (χ4n) is 10.2. The molecule has 1 aliphatic carbocycles. The fourth-order valence-corrected chi connectivity index (χ4v) is 11.3. The van der Waals surface area contributed by atoms with Crippen LogP contribution >= 0.6 is 11.3 Å². The van der Waals surface area contributed by atoms with Crippen LogP contribution in [0.15, 0.2) is 217 Å². The van der Waals surface area contributed by atoms with E-state index in [-0.39, 0.29) is 5.41 Å². The Bertz CT molecular complexity index is 3850. The van der Waals surface area contributed by atoms with Crippen LogP contribution < -0.4 is 4.90 Å². The number of thiophene rings is 1. The molecule has 5 heteroatoms. The third kappa shape index (κ3) is 6.19. The van der Waals surface area contributed by atoms with Crippen molar-refractivity contribution in [3.63, 3.8) is 0 Å². The van der Waals surface area contributed by atoms with Crippen LogP contribution in [-0.4, -0.2) is 9.97 Å². The molecule has 13 rings (SSSR count). The zero-order valence-corrected chi connectivity index (χ0v) is 37.2. The lowest BCUT2D eigenvalue weighted by Gasteiger charge is -2.27. The Morgan fingerprint density at radius 1 is 0.424 bits per heavy atom. The summed E-state index contributed by atoms with van der Waals surface area (Å²) in [6.45, 7) is 4.67. The van der Waals surface area contributed by atoms with Crippen LogP contribution in [0.1, 0.15) is 25.0 Å². The summed E-state index contributed by atoms with van der Waals surface area (Å²) in [5.41, 5.74) is 18.6. The predicted octanol–water partition coefficient (Wildman–Crippen LogP) is 17.2. The van der Waals surface area contributed by atoms with Crippen molar-refractivity contribution in [3.05, 3.63) is 223 Å². The Morgan fingerprint density at radius 2 is 1.02 bits per heavy atom. The molecule has 0 amide bonds. The molecule has 9 aromatic carbocycles. The number of fused-ring (bicyclic) bond motifs is 9. The number of aromatic nitrogens is 2. The van der Waals surface area contributed by atoms with Crippen molar-refractivity contribution in [2.24, 2.45) is 0 Å². The predicted molar refractivity (Wildman–Crippen MR) is 276 cm³/mol. The first-order chi connectivity index (χ1) is 32.4. The van der Waals surface area contributed by atoms with E-state index in [9.17, 15) is 0 Å². The van der Waals surface area contributed by atoms with Crippen molar-refractivity contribution in [3.8, 4) is 56.0 Å². The second kappa shape index (κ2) is 15.0. The lowest BCUT2D eigenvalue weighted by Crippen LogP contribution is -2.15. The third-order valence-electron chi connectivity index (χ3n) is 13.5. The molecular weight excluding hydrogens is 823 g/mol. The van der Waals surface area contributed by atoms with Gasteiger partial charge in [0.1, 0.15) is 11.2 Å². The Labute approximate surface area is 386 Å². The van der Waals surface area contributed by atoms with E-state index >= 15 is 0 Å². The van der Waals surface area contributed by atoms with Gasteiger partial charge in [-0.05, 0) is 117 Å². The highest BCUT2D eigenvalue weighted by molar-refractivity contribution is 7.26. The molecule has 0 unspecified atom stereocenters. The molecule has 4 nitrogen and oxygen atoms in total. The highest BCUT2D eigenvalue weighted by Crippen LogP contribution is 2.51. The fraction of sp³-hybridized carbons (Fsp3) is 0.0492. The number of anilines is 3. The van der Waals surface area contributed by atoms with Crippen LogP contribution in [0.4, 0.5) is 17.1 Å². The summed E-state index contributed by atoms with van der Waals surface area (Å²) < 4.78 is 8.86. The molecule has 0 radical (unpaired) electrons. The zero-order valence-electron chi connectivity index (χ0n) is 36.4. The summed E-state index contributed by atoms with van der Waals surface area (Å²) in [6, 6.07) is 76.0. The first-order valence-corrected chi connectivity index (χ1v) is 23.3. The third-order valence-corrected chi connectivity index (χ3v) is 14.7. The Hall–Kier alpha value is -8.12. The van der Waals surface area contributed by atoms with Gasteiger partial charge in [-0.15, -0.1) is 11.3 Å². The van der Waals surface area contributed by atoms with Crippen molar-refractivity contribution in [2.75, 3.05) is 4.90 Å². The Balaban J connectivity index is 0.968. The topological polar surface area (TPSA) is 42.2 Å². The van der Waals surface area contributed by atoms with Crippen LogP contribution in [0, 0.1) is 0 Å². The monoisotopic (exact) mass is 863 g/mol. The average molecular weight is 864 g/mol. The van der Waals surface area contributed by atoms with E-state index in [0.717, 1.165) is 77.0 Å². The number of furan rings is 1. The van der Waals surface area contributed by atoms with Gasteiger partial charge in [0.15, 0.2) is 5.82 Å². The van der Waals surface area contributed by atoms with Crippen LogP contribution in [0.2, 0.25) is 0 Å². The molecule has 0 bridgehead atoms. The first-order valence-electron chi connectivity index (χ1n) is 22.5. The second-order valence-corrected chi connectivity index (χ2v) is 18.8. The molecule has 312 valence electrons. The lowest BCUT2D eigenvalue weighted by molar-refractivity contribution is 0.660. The van der Waals surface area contributed by atoms with Crippen LogP contribution in [0.5, 0.6) is 0 Å². The molecule has 0 atom stereocenters. The minimum absolute atomic E-state index is 0.0866. The molecule has 1 aliphatic rings. The SMILES string of the molecule is CC1(C)c2ccccc2-c2cc(N(c3ccc(-c4ccccc4)cc3)c3ccc4oc5ccc(-c6nc(-c7cccc(-c8ccccc8)c7)c7sc8ccccc8c7n6)cc5c4c3)ccc21. The van der Waals surface area contributed by atoms with E-state index in [1.165, 1.54) is 43.6 Å². The van der Waals surface area contributed by atoms with Crippen molar-refractivity contribution < 1.29 is 4.42 Å². The number of hydrogen-bond donors (Lipinski definition) is 0. The number of rotatable bonds is 7. The molecule has 0 spiro atoms. The number of benzene rings is 9. The van der Waals surface area contributed by atoms with Crippen molar-refractivity contribution in [1.82, 2.24) is 9.97 Å². The number of hydrogen-bond acceptors (Lipinski definition) is 5. The van der Waals surface area contributed by atoms with Crippen molar-refractivity contribution in [1.29, 1.82) is 0 Å². The molecule has 0 aliphatic heterocycles. The molecule has 0 fully saturated rings. The average Bonchev–Trinajstić information content (AvgIpc) is 4.01. The zero-order chi connectivity index (χ0) is 43.9. The van der Waals surface area contributed by atoms with E-state index in [2.05, 4.69) is 231 Å². The molecule has 3 aromatic heterocycles. The van der Waals surface area contributed by atoms with Crippen molar-refractivity contribution >= 4 is 70.6 Å². The van der Waals surface area contributed by atoms with Gasteiger partial charge in [-0.1, -0.05) is 153 Å². The van der Waals surface area contributed by atoms with Crippen LogP contribution in [0.25, 0.3) is 98.3 Å². The Morgan fingerprint density at radius 3 is 1.83 bits per heavy atom. The highest BCUT2D eigenvalue weighted by Gasteiger charge is 2.35. The van der Waals surface area contributed by atoms with Crippen molar-refractivity contribution in [2.45, 2.75) is 19.3 Å².